The predicted molar refractivity (Wildman–Crippen MR) is 64.5 cm³/mol. The number of nitrogen functional groups attached to an aromatic ring is 1. The van der Waals surface area contributed by atoms with E-state index in [0.29, 0.717) is 11.7 Å². The van der Waals surface area contributed by atoms with Gasteiger partial charge >= 0.3 is 0 Å². The van der Waals surface area contributed by atoms with Crippen LogP contribution in [0.25, 0.3) is 11.4 Å². The predicted octanol–water partition coefficient (Wildman–Crippen LogP) is 1.88. The van der Waals surface area contributed by atoms with E-state index in [9.17, 15) is 5.11 Å². The van der Waals surface area contributed by atoms with Gasteiger partial charge in [0.15, 0.2) is 5.82 Å². The van der Waals surface area contributed by atoms with Crippen molar-refractivity contribution >= 4 is 5.69 Å². The van der Waals surface area contributed by atoms with Crippen molar-refractivity contribution in [3.63, 3.8) is 0 Å². The molecule has 0 saturated heterocycles. The summed E-state index contributed by atoms with van der Waals surface area (Å²) in [5, 5.41) is 17.9. The monoisotopic (exact) mass is 230 g/mol. The molecule has 0 radical (unpaired) electrons. The van der Waals surface area contributed by atoms with Gasteiger partial charge in [0, 0.05) is 11.6 Å². The number of nitrogens with two attached hydrogens (primary N) is 1. The molecule has 5 nitrogen and oxygen atoms in total. The third-order valence-corrected chi connectivity index (χ3v) is 3.07. The van der Waals surface area contributed by atoms with Crippen LogP contribution in [-0.4, -0.2) is 19.9 Å². The molecule has 1 aromatic carbocycles. The highest BCUT2D eigenvalue weighted by Crippen LogP contribution is 2.39. The number of benzene rings is 1. The van der Waals surface area contributed by atoms with Gasteiger partial charge in [0.25, 0.3) is 0 Å². The number of rotatable bonds is 2. The summed E-state index contributed by atoms with van der Waals surface area (Å²) < 4.78 is 2.13. The fourth-order valence-electron chi connectivity index (χ4n) is 2.02. The molecule has 3 N–H and O–H groups in total. The lowest BCUT2D eigenvalue weighted by Crippen LogP contribution is -2.00. The van der Waals surface area contributed by atoms with Gasteiger partial charge in [0.1, 0.15) is 11.6 Å². The number of nitrogens with zero attached hydrogens (tertiary/aromatic N) is 3. The zero-order valence-electron chi connectivity index (χ0n) is 9.59. The van der Waals surface area contributed by atoms with Crippen LogP contribution in [0.4, 0.5) is 5.69 Å². The van der Waals surface area contributed by atoms with Crippen LogP contribution in [0.2, 0.25) is 0 Å². The van der Waals surface area contributed by atoms with E-state index in [0.717, 1.165) is 17.2 Å². The average Bonchev–Trinajstić information content (AvgIpc) is 3.06. The highest BCUT2D eigenvalue weighted by molar-refractivity contribution is 5.65. The van der Waals surface area contributed by atoms with Crippen LogP contribution in [0, 0.1) is 6.92 Å². The molecular formula is C12H14N4O. The second kappa shape index (κ2) is 3.48. The third kappa shape index (κ3) is 1.63. The first-order chi connectivity index (χ1) is 8.16. The molecule has 1 aliphatic rings. The van der Waals surface area contributed by atoms with Crippen LogP contribution < -0.4 is 5.73 Å². The van der Waals surface area contributed by atoms with Crippen molar-refractivity contribution in [1.82, 2.24) is 14.8 Å². The number of hydrogen-bond acceptors (Lipinski definition) is 4. The molecule has 1 saturated carbocycles. The first-order valence-corrected chi connectivity index (χ1v) is 5.67. The van der Waals surface area contributed by atoms with E-state index in [2.05, 4.69) is 14.8 Å². The molecule has 0 aliphatic heterocycles. The van der Waals surface area contributed by atoms with E-state index in [1.165, 1.54) is 12.8 Å². The van der Waals surface area contributed by atoms with Gasteiger partial charge < -0.3 is 15.4 Å². The van der Waals surface area contributed by atoms with Gasteiger partial charge in [-0.05, 0) is 38.0 Å². The van der Waals surface area contributed by atoms with E-state index < -0.39 is 0 Å². The largest absolute Gasteiger partial charge is 0.506 e. The Bertz CT molecular complexity index is 572. The topological polar surface area (TPSA) is 77.0 Å². The lowest BCUT2D eigenvalue weighted by Gasteiger charge is -2.07. The van der Waals surface area contributed by atoms with Crippen LogP contribution in [0.1, 0.15) is 24.7 Å². The fraction of sp³-hybridized carbons (Fsp3) is 0.333. The highest BCUT2D eigenvalue weighted by atomic mass is 16.3. The summed E-state index contributed by atoms with van der Waals surface area (Å²) in [4.78, 5) is 0. The van der Waals surface area contributed by atoms with E-state index in [-0.39, 0.29) is 5.75 Å². The van der Waals surface area contributed by atoms with E-state index in [1.54, 1.807) is 12.1 Å². The van der Waals surface area contributed by atoms with E-state index in [4.69, 9.17) is 5.73 Å². The first kappa shape index (κ1) is 10.1. The Labute approximate surface area is 98.9 Å². The molecule has 0 atom stereocenters. The minimum absolute atomic E-state index is 0.0884. The number of anilines is 1. The Morgan fingerprint density at radius 2 is 2.12 bits per heavy atom. The maximum atomic E-state index is 9.63. The zero-order valence-corrected chi connectivity index (χ0v) is 9.59. The SMILES string of the molecule is Cc1nnc(-c2ccc(N)c(O)c2)n1C1CC1. The Hall–Kier alpha value is -2.04. The van der Waals surface area contributed by atoms with Crippen LogP contribution >= 0.6 is 0 Å². The average molecular weight is 230 g/mol. The second-order valence-electron chi connectivity index (χ2n) is 4.45. The summed E-state index contributed by atoms with van der Waals surface area (Å²) in [6.07, 6.45) is 2.35. The Kier molecular flexibility index (Phi) is 2.07. The van der Waals surface area contributed by atoms with Crippen molar-refractivity contribution in [3.8, 4) is 17.1 Å². The molecule has 3 rings (SSSR count). The maximum absolute atomic E-state index is 9.63. The maximum Gasteiger partial charge on any atom is 0.164 e. The molecule has 0 unspecified atom stereocenters. The van der Waals surface area contributed by atoms with Gasteiger partial charge in [0.2, 0.25) is 0 Å². The quantitative estimate of drug-likeness (QED) is 0.610. The van der Waals surface area contributed by atoms with E-state index in [1.807, 2.05) is 13.0 Å². The van der Waals surface area contributed by atoms with Gasteiger partial charge in [-0.3, -0.25) is 0 Å². The Balaban J connectivity index is 2.11. The molecule has 5 heteroatoms. The van der Waals surface area contributed by atoms with Gasteiger partial charge in [0.05, 0.1) is 5.69 Å². The van der Waals surface area contributed by atoms with Crippen molar-refractivity contribution in [2.75, 3.05) is 5.73 Å². The molecule has 1 heterocycles. The summed E-state index contributed by atoms with van der Waals surface area (Å²) >= 11 is 0. The molecule has 1 aromatic heterocycles. The van der Waals surface area contributed by atoms with Gasteiger partial charge in [-0.2, -0.15) is 0 Å². The molecule has 0 amide bonds. The van der Waals surface area contributed by atoms with Crippen molar-refractivity contribution in [2.45, 2.75) is 25.8 Å². The Morgan fingerprint density at radius 1 is 1.35 bits per heavy atom. The number of phenols is 1. The van der Waals surface area contributed by atoms with E-state index >= 15 is 0 Å². The summed E-state index contributed by atoms with van der Waals surface area (Å²) in [5.41, 5.74) is 6.82. The molecule has 1 aliphatic carbocycles. The summed E-state index contributed by atoms with van der Waals surface area (Å²) in [6.45, 7) is 1.95. The van der Waals surface area contributed by atoms with Crippen molar-refractivity contribution in [3.05, 3.63) is 24.0 Å². The van der Waals surface area contributed by atoms with Crippen LogP contribution in [0.5, 0.6) is 5.75 Å². The highest BCUT2D eigenvalue weighted by Gasteiger charge is 2.28. The lowest BCUT2D eigenvalue weighted by molar-refractivity contribution is 0.478. The molecule has 0 spiro atoms. The number of hydrogen-bond donors (Lipinski definition) is 2. The van der Waals surface area contributed by atoms with Crippen LogP contribution in [-0.2, 0) is 0 Å². The fourth-order valence-corrected chi connectivity index (χ4v) is 2.02. The minimum atomic E-state index is 0.0884. The lowest BCUT2D eigenvalue weighted by atomic mass is 10.2. The smallest absolute Gasteiger partial charge is 0.164 e. The van der Waals surface area contributed by atoms with Crippen molar-refractivity contribution in [1.29, 1.82) is 0 Å². The number of aromatic hydroxyl groups is 1. The number of aryl methyl sites for hydroxylation is 1. The molecular weight excluding hydrogens is 216 g/mol. The standard InChI is InChI=1S/C12H14N4O/c1-7-14-15-12(16(7)9-3-4-9)8-2-5-10(13)11(17)6-8/h2,5-6,9,17H,3-4,13H2,1H3. The molecule has 1 fully saturated rings. The minimum Gasteiger partial charge on any atom is -0.506 e. The molecule has 0 bridgehead atoms. The Morgan fingerprint density at radius 3 is 2.76 bits per heavy atom. The van der Waals surface area contributed by atoms with Gasteiger partial charge in [-0.1, -0.05) is 0 Å². The van der Waals surface area contributed by atoms with Crippen LogP contribution in [0.15, 0.2) is 18.2 Å². The summed E-state index contributed by atoms with van der Waals surface area (Å²) in [7, 11) is 0. The molecule has 17 heavy (non-hydrogen) atoms. The summed E-state index contributed by atoms with van der Waals surface area (Å²) in [6, 6.07) is 5.70. The van der Waals surface area contributed by atoms with Crippen molar-refractivity contribution < 1.29 is 5.11 Å². The van der Waals surface area contributed by atoms with Crippen LogP contribution in [0.3, 0.4) is 0 Å². The second-order valence-corrected chi connectivity index (χ2v) is 4.45. The normalized spacial score (nSPS) is 15.1. The van der Waals surface area contributed by atoms with Gasteiger partial charge in [-0.25, -0.2) is 0 Å². The molecule has 2 aromatic rings. The number of aromatic nitrogens is 3. The van der Waals surface area contributed by atoms with Gasteiger partial charge in [-0.15, -0.1) is 10.2 Å². The first-order valence-electron chi connectivity index (χ1n) is 5.67. The summed E-state index contributed by atoms with van der Waals surface area (Å²) in [5.74, 6) is 1.81. The zero-order chi connectivity index (χ0) is 12.0. The van der Waals surface area contributed by atoms with Crippen molar-refractivity contribution in [2.24, 2.45) is 0 Å². The molecule has 88 valence electrons. The number of phenolic OH excluding ortho intramolecular Hbond substituents is 1. The third-order valence-electron chi connectivity index (χ3n) is 3.07.